The van der Waals surface area contributed by atoms with Gasteiger partial charge < -0.3 is 4.42 Å². The number of nitrogens with zero attached hydrogens (tertiary/aromatic N) is 1. The van der Waals surface area contributed by atoms with Gasteiger partial charge in [0.2, 0.25) is 5.89 Å². The summed E-state index contributed by atoms with van der Waals surface area (Å²) in [6.07, 6.45) is 3.12. The Hall–Kier alpha value is -2.36. The first-order valence-electron chi connectivity index (χ1n) is 7.24. The molecule has 0 spiro atoms. The lowest BCUT2D eigenvalue weighted by Crippen LogP contribution is -1.93. The minimum Gasteiger partial charge on any atom is -0.441 e. The van der Waals surface area contributed by atoms with E-state index in [-0.39, 0.29) is 5.78 Å². The van der Waals surface area contributed by atoms with E-state index in [0.717, 1.165) is 5.56 Å². The number of hydrogen-bond acceptors (Lipinski definition) is 3. The van der Waals surface area contributed by atoms with Gasteiger partial charge >= 0.3 is 0 Å². The summed E-state index contributed by atoms with van der Waals surface area (Å²) in [6.45, 7) is 1.80. The Kier molecular flexibility index (Phi) is 4.84. The van der Waals surface area contributed by atoms with Gasteiger partial charge in [-0.15, -0.1) is 0 Å². The first kappa shape index (κ1) is 16.5. The Morgan fingerprint density at radius 3 is 2.21 bits per heavy atom. The van der Waals surface area contributed by atoms with Gasteiger partial charge in [0.25, 0.3) is 0 Å². The maximum atomic E-state index is 12.2. The third-order valence-corrected chi connectivity index (χ3v) is 3.95. The van der Waals surface area contributed by atoms with E-state index in [9.17, 15) is 4.79 Å². The molecule has 0 amide bonds. The number of hydrogen-bond donors (Lipinski definition) is 0. The Labute approximate surface area is 149 Å². The monoisotopic (exact) mass is 357 g/mol. The maximum Gasteiger partial charge on any atom is 0.226 e. The molecule has 120 valence electrons. The molecule has 24 heavy (non-hydrogen) atoms. The van der Waals surface area contributed by atoms with Crippen LogP contribution in [0.5, 0.6) is 0 Å². The molecule has 0 fully saturated rings. The highest BCUT2D eigenvalue weighted by Gasteiger charge is 2.10. The smallest absolute Gasteiger partial charge is 0.226 e. The second-order valence-electron chi connectivity index (χ2n) is 5.17. The van der Waals surface area contributed by atoms with Gasteiger partial charge in [0.1, 0.15) is 11.5 Å². The van der Waals surface area contributed by atoms with Crippen molar-refractivity contribution in [1.82, 2.24) is 4.98 Å². The number of aromatic nitrogens is 1. The lowest BCUT2D eigenvalue weighted by Gasteiger charge is -1.95. The standard InChI is InChI=1S/C19H13Cl2NO2/c1-12-17(10-11-18(23)13-2-6-15(20)7-3-13)22-19(24-12)14-4-8-16(21)9-5-14/h2-11H,1H3/b11-10+. The van der Waals surface area contributed by atoms with Crippen molar-refractivity contribution in [1.29, 1.82) is 0 Å². The number of ketones is 1. The quantitative estimate of drug-likeness (QED) is 0.434. The van der Waals surface area contributed by atoms with Crippen LogP contribution in [0.1, 0.15) is 21.8 Å². The van der Waals surface area contributed by atoms with Crippen molar-refractivity contribution in [2.45, 2.75) is 6.92 Å². The normalized spacial score (nSPS) is 11.1. The zero-order valence-corrected chi connectivity index (χ0v) is 14.3. The number of oxazole rings is 1. The molecule has 3 rings (SSSR count). The molecule has 3 aromatic rings. The molecule has 0 bridgehead atoms. The number of benzene rings is 2. The van der Waals surface area contributed by atoms with E-state index in [1.54, 1.807) is 49.4 Å². The van der Waals surface area contributed by atoms with Crippen LogP contribution in [0.25, 0.3) is 17.5 Å². The van der Waals surface area contributed by atoms with E-state index in [0.29, 0.717) is 33.0 Å². The third-order valence-electron chi connectivity index (χ3n) is 3.44. The lowest BCUT2D eigenvalue weighted by atomic mass is 10.1. The van der Waals surface area contributed by atoms with Crippen LogP contribution >= 0.6 is 23.2 Å². The van der Waals surface area contributed by atoms with E-state index in [2.05, 4.69) is 4.98 Å². The maximum absolute atomic E-state index is 12.2. The second kappa shape index (κ2) is 7.04. The number of rotatable bonds is 4. The summed E-state index contributed by atoms with van der Waals surface area (Å²) < 4.78 is 5.66. The van der Waals surface area contributed by atoms with Gasteiger partial charge in [-0.25, -0.2) is 4.98 Å². The Bertz CT molecular complexity index is 894. The van der Waals surface area contributed by atoms with Crippen LogP contribution in [0, 0.1) is 6.92 Å². The summed E-state index contributed by atoms with van der Waals surface area (Å²) in [6, 6.07) is 13.9. The summed E-state index contributed by atoms with van der Waals surface area (Å²) in [5.41, 5.74) is 2.00. The minimum atomic E-state index is -0.123. The van der Waals surface area contributed by atoms with Crippen molar-refractivity contribution in [3.8, 4) is 11.5 Å². The Morgan fingerprint density at radius 2 is 1.58 bits per heavy atom. The van der Waals surface area contributed by atoms with Crippen molar-refractivity contribution >= 4 is 35.1 Å². The highest BCUT2D eigenvalue weighted by molar-refractivity contribution is 6.31. The molecule has 0 saturated carbocycles. The van der Waals surface area contributed by atoms with Crippen LogP contribution in [-0.2, 0) is 0 Å². The van der Waals surface area contributed by atoms with Gasteiger partial charge in [0.15, 0.2) is 5.78 Å². The molecule has 0 aliphatic rings. The summed E-state index contributed by atoms with van der Waals surface area (Å²) in [5.74, 6) is 1.00. The van der Waals surface area contributed by atoms with Crippen molar-refractivity contribution in [2.24, 2.45) is 0 Å². The third kappa shape index (κ3) is 3.75. The molecule has 0 saturated heterocycles. The molecule has 0 aliphatic heterocycles. The minimum absolute atomic E-state index is 0.123. The molecular formula is C19H13Cl2NO2. The Morgan fingerprint density at radius 1 is 1.00 bits per heavy atom. The first-order chi connectivity index (χ1) is 11.5. The van der Waals surface area contributed by atoms with Crippen LogP contribution in [0.4, 0.5) is 0 Å². The highest BCUT2D eigenvalue weighted by Crippen LogP contribution is 2.24. The van der Waals surface area contributed by atoms with E-state index in [1.165, 1.54) is 6.08 Å². The summed E-state index contributed by atoms with van der Waals surface area (Å²) >= 11 is 11.7. The van der Waals surface area contributed by atoms with Gasteiger partial charge in [-0.1, -0.05) is 23.2 Å². The molecule has 3 nitrogen and oxygen atoms in total. The SMILES string of the molecule is Cc1oc(-c2ccc(Cl)cc2)nc1/C=C/C(=O)c1ccc(Cl)cc1. The average Bonchev–Trinajstić information content (AvgIpc) is 2.95. The zero-order chi connectivity index (χ0) is 17.1. The van der Waals surface area contributed by atoms with Crippen LogP contribution in [-0.4, -0.2) is 10.8 Å². The number of aryl methyl sites for hydroxylation is 1. The largest absolute Gasteiger partial charge is 0.441 e. The fraction of sp³-hybridized carbons (Fsp3) is 0.0526. The van der Waals surface area contributed by atoms with E-state index in [4.69, 9.17) is 27.6 Å². The van der Waals surface area contributed by atoms with Gasteiger partial charge in [0.05, 0.1) is 0 Å². The molecule has 5 heteroatoms. The number of carbonyl (C=O) groups excluding carboxylic acids is 1. The predicted octanol–water partition coefficient (Wildman–Crippen LogP) is 5.85. The molecule has 0 atom stereocenters. The lowest BCUT2D eigenvalue weighted by molar-refractivity contribution is 0.104. The zero-order valence-electron chi connectivity index (χ0n) is 12.8. The molecular weight excluding hydrogens is 345 g/mol. The van der Waals surface area contributed by atoms with E-state index < -0.39 is 0 Å². The first-order valence-corrected chi connectivity index (χ1v) is 8.00. The van der Waals surface area contributed by atoms with Crippen LogP contribution in [0.15, 0.2) is 59.0 Å². The van der Waals surface area contributed by atoms with E-state index >= 15 is 0 Å². The summed E-state index contributed by atoms with van der Waals surface area (Å²) in [4.78, 5) is 16.6. The van der Waals surface area contributed by atoms with Gasteiger partial charge in [-0.3, -0.25) is 4.79 Å². The summed E-state index contributed by atoms with van der Waals surface area (Å²) in [7, 11) is 0. The van der Waals surface area contributed by atoms with Crippen LogP contribution < -0.4 is 0 Å². The topological polar surface area (TPSA) is 43.1 Å². The molecule has 2 aromatic carbocycles. The van der Waals surface area contributed by atoms with Crippen molar-refractivity contribution < 1.29 is 9.21 Å². The number of carbonyl (C=O) groups is 1. The highest BCUT2D eigenvalue weighted by atomic mass is 35.5. The fourth-order valence-electron chi connectivity index (χ4n) is 2.14. The molecule has 0 N–H and O–H groups in total. The van der Waals surface area contributed by atoms with Crippen molar-refractivity contribution in [3.05, 3.63) is 81.7 Å². The average molecular weight is 358 g/mol. The van der Waals surface area contributed by atoms with Gasteiger partial charge in [-0.05, 0) is 67.6 Å². The van der Waals surface area contributed by atoms with E-state index in [1.807, 2.05) is 12.1 Å². The fourth-order valence-corrected chi connectivity index (χ4v) is 2.40. The van der Waals surface area contributed by atoms with Gasteiger partial charge in [-0.2, -0.15) is 0 Å². The van der Waals surface area contributed by atoms with Crippen molar-refractivity contribution in [2.75, 3.05) is 0 Å². The number of allylic oxidation sites excluding steroid dienone is 1. The molecule has 1 aromatic heterocycles. The second-order valence-corrected chi connectivity index (χ2v) is 6.04. The summed E-state index contributed by atoms with van der Waals surface area (Å²) in [5, 5.41) is 1.24. The molecule has 0 radical (unpaired) electrons. The van der Waals surface area contributed by atoms with Gasteiger partial charge in [0, 0.05) is 21.2 Å². The molecule has 1 heterocycles. The Balaban J connectivity index is 1.81. The van der Waals surface area contributed by atoms with Crippen LogP contribution in [0.3, 0.4) is 0 Å². The van der Waals surface area contributed by atoms with Crippen molar-refractivity contribution in [3.63, 3.8) is 0 Å². The van der Waals surface area contributed by atoms with Crippen LogP contribution in [0.2, 0.25) is 10.0 Å². The number of halogens is 2. The molecule has 0 aliphatic carbocycles. The predicted molar refractivity (Wildman–Crippen MR) is 96.5 cm³/mol. The molecule has 0 unspecified atom stereocenters.